The summed E-state index contributed by atoms with van der Waals surface area (Å²) in [4.78, 5) is 19.8. The van der Waals surface area contributed by atoms with E-state index in [0.717, 1.165) is 68.4 Å². The molecule has 188 valence electrons. The number of rotatable bonds is 4. The third-order valence-corrected chi connectivity index (χ3v) is 9.06. The third kappa shape index (κ3) is 4.14. The van der Waals surface area contributed by atoms with E-state index >= 15 is 0 Å². The van der Waals surface area contributed by atoms with E-state index in [2.05, 4.69) is 33.5 Å². The van der Waals surface area contributed by atoms with Gasteiger partial charge in [0.15, 0.2) is 0 Å². The summed E-state index contributed by atoms with van der Waals surface area (Å²) in [5, 5.41) is 19.8. The van der Waals surface area contributed by atoms with E-state index in [1.165, 1.54) is 0 Å². The van der Waals surface area contributed by atoms with Crippen LogP contribution in [0.25, 0.3) is 10.8 Å². The molecule has 3 aliphatic heterocycles. The predicted octanol–water partition coefficient (Wildman–Crippen LogP) is 2.74. The van der Waals surface area contributed by atoms with Crippen LogP contribution in [0.3, 0.4) is 0 Å². The number of pyridine rings is 1. The molecule has 9 heteroatoms. The molecule has 0 bridgehead atoms. The Morgan fingerprint density at radius 1 is 1.26 bits per heavy atom. The maximum absolute atomic E-state index is 12.9. The molecular formula is C26H33ClN4O4. The van der Waals surface area contributed by atoms with Crippen LogP contribution >= 0.6 is 11.6 Å². The second-order valence-electron chi connectivity index (χ2n) is 10.8. The van der Waals surface area contributed by atoms with Crippen LogP contribution in [0.4, 0.5) is 5.82 Å². The smallest absolute Gasteiger partial charge is 0.229 e. The lowest BCUT2D eigenvalue weighted by atomic mass is 9.90. The van der Waals surface area contributed by atoms with Crippen LogP contribution in [-0.4, -0.2) is 78.6 Å². The summed E-state index contributed by atoms with van der Waals surface area (Å²) >= 11 is 6.79. The Labute approximate surface area is 210 Å². The average Bonchev–Trinajstić information content (AvgIpc) is 3.44. The fraction of sp³-hybridized carbons (Fsp3) is 0.615. The van der Waals surface area contributed by atoms with Crippen LogP contribution in [0.1, 0.15) is 37.8 Å². The highest BCUT2D eigenvalue weighted by Crippen LogP contribution is 2.59. The minimum Gasteiger partial charge on any atom is -0.389 e. The molecule has 4 fully saturated rings. The van der Waals surface area contributed by atoms with Gasteiger partial charge in [-0.15, -0.1) is 0 Å². The van der Waals surface area contributed by atoms with Crippen molar-refractivity contribution in [3.05, 3.63) is 35.0 Å². The number of piperazine rings is 1. The summed E-state index contributed by atoms with van der Waals surface area (Å²) < 4.78 is 11.1. The van der Waals surface area contributed by atoms with Gasteiger partial charge < -0.3 is 25.2 Å². The standard InChI is InChI=1S/C26H33ClN4O4/c1-25(15-35-14-22(25)32)31-5-4-28-13-21(31)18-8-16-10-23(29-12-17(16)9-20(18)27)30-24(33)19-11-26(19)2-6-34-7-3-26/h8-10,12,19,21-22,28,32H,2-7,11,13-15H2,1H3,(H,29,30,33). The average molecular weight is 501 g/mol. The molecule has 6 rings (SSSR count). The van der Waals surface area contributed by atoms with Crippen LogP contribution in [0.15, 0.2) is 24.4 Å². The molecule has 35 heavy (non-hydrogen) atoms. The summed E-state index contributed by atoms with van der Waals surface area (Å²) in [6.45, 7) is 6.77. The molecule has 3 saturated heterocycles. The highest BCUT2D eigenvalue weighted by molar-refractivity contribution is 6.32. The number of ether oxygens (including phenoxy) is 2. The molecule has 3 N–H and O–H groups in total. The van der Waals surface area contributed by atoms with Crippen molar-refractivity contribution in [2.75, 3.05) is 51.4 Å². The lowest BCUT2D eigenvalue weighted by molar-refractivity contribution is -0.118. The Kier molecular flexibility index (Phi) is 6.02. The normalized spacial score (nSPS) is 32.7. The van der Waals surface area contributed by atoms with E-state index in [0.29, 0.717) is 24.1 Å². The number of hydrogen-bond donors (Lipinski definition) is 3. The first-order chi connectivity index (χ1) is 16.9. The van der Waals surface area contributed by atoms with Gasteiger partial charge in [-0.1, -0.05) is 11.6 Å². The number of aliphatic hydroxyl groups is 1. The maximum Gasteiger partial charge on any atom is 0.229 e. The molecular weight excluding hydrogens is 468 g/mol. The molecule has 4 atom stereocenters. The van der Waals surface area contributed by atoms with Crippen molar-refractivity contribution in [3.63, 3.8) is 0 Å². The van der Waals surface area contributed by atoms with Crippen molar-refractivity contribution in [1.82, 2.24) is 15.2 Å². The van der Waals surface area contributed by atoms with Gasteiger partial charge in [0.2, 0.25) is 5.91 Å². The van der Waals surface area contributed by atoms with E-state index in [-0.39, 0.29) is 23.3 Å². The topological polar surface area (TPSA) is 96.0 Å². The summed E-state index contributed by atoms with van der Waals surface area (Å²) in [7, 11) is 0. The van der Waals surface area contributed by atoms with Crippen molar-refractivity contribution in [1.29, 1.82) is 0 Å². The molecule has 1 aromatic heterocycles. The second kappa shape index (κ2) is 8.94. The van der Waals surface area contributed by atoms with Crippen molar-refractivity contribution >= 4 is 34.1 Å². The minimum absolute atomic E-state index is 0.00644. The van der Waals surface area contributed by atoms with Gasteiger partial charge in [0, 0.05) is 61.4 Å². The number of fused-ring (bicyclic) bond motifs is 1. The maximum atomic E-state index is 12.9. The molecule has 1 spiro atoms. The highest BCUT2D eigenvalue weighted by atomic mass is 35.5. The van der Waals surface area contributed by atoms with Crippen LogP contribution in [0.5, 0.6) is 0 Å². The fourth-order valence-electron chi connectivity index (χ4n) is 6.29. The van der Waals surface area contributed by atoms with Crippen molar-refractivity contribution in [3.8, 4) is 0 Å². The number of nitrogens with one attached hydrogen (secondary N) is 2. The molecule has 1 saturated carbocycles. The van der Waals surface area contributed by atoms with Gasteiger partial charge in [-0.05, 0) is 60.7 Å². The molecule has 4 unspecified atom stereocenters. The molecule has 2 aromatic rings. The first-order valence-corrected chi connectivity index (χ1v) is 13.0. The molecule has 1 aromatic carbocycles. The zero-order valence-electron chi connectivity index (χ0n) is 20.1. The Morgan fingerprint density at radius 3 is 2.86 bits per heavy atom. The van der Waals surface area contributed by atoms with E-state index in [4.69, 9.17) is 21.1 Å². The van der Waals surface area contributed by atoms with Gasteiger partial charge in [-0.2, -0.15) is 0 Å². The summed E-state index contributed by atoms with van der Waals surface area (Å²) in [5.41, 5.74) is 0.660. The predicted molar refractivity (Wildman–Crippen MR) is 134 cm³/mol. The van der Waals surface area contributed by atoms with Gasteiger partial charge >= 0.3 is 0 Å². The number of aromatic nitrogens is 1. The van der Waals surface area contributed by atoms with E-state index in [1.54, 1.807) is 6.20 Å². The SMILES string of the molecule is CC1(N2CCNCC2c2cc3cc(NC(=O)C4CC45CCOCC5)ncc3cc2Cl)COCC1O. The molecule has 8 nitrogen and oxygen atoms in total. The molecule has 1 amide bonds. The number of carbonyl (C=O) groups excluding carboxylic acids is 1. The fourth-order valence-corrected chi connectivity index (χ4v) is 6.59. The summed E-state index contributed by atoms with van der Waals surface area (Å²) in [5.74, 6) is 0.668. The Balaban J connectivity index is 1.26. The summed E-state index contributed by atoms with van der Waals surface area (Å²) in [6.07, 6.45) is 4.08. The second-order valence-corrected chi connectivity index (χ2v) is 11.2. The zero-order valence-corrected chi connectivity index (χ0v) is 20.8. The van der Waals surface area contributed by atoms with Crippen molar-refractivity contribution < 1.29 is 19.4 Å². The Hall–Kier alpha value is -1.81. The number of nitrogens with zero attached hydrogens (tertiary/aromatic N) is 2. The lowest BCUT2D eigenvalue weighted by Gasteiger charge is -2.47. The molecule has 0 radical (unpaired) electrons. The first-order valence-electron chi connectivity index (χ1n) is 12.6. The van der Waals surface area contributed by atoms with E-state index in [9.17, 15) is 9.90 Å². The van der Waals surface area contributed by atoms with E-state index in [1.807, 2.05) is 12.1 Å². The van der Waals surface area contributed by atoms with E-state index < -0.39 is 11.6 Å². The summed E-state index contributed by atoms with van der Waals surface area (Å²) in [6, 6.07) is 5.97. The van der Waals surface area contributed by atoms with Gasteiger partial charge in [-0.3, -0.25) is 9.69 Å². The highest BCUT2D eigenvalue weighted by Gasteiger charge is 2.58. The van der Waals surface area contributed by atoms with Crippen LogP contribution in [-0.2, 0) is 14.3 Å². The molecule has 1 aliphatic carbocycles. The lowest BCUT2D eigenvalue weighted by Crippen LogP contribution is -2.61. The van der Waals surface area contributed by atoms with Crippen LogP contribution in [0, 0.1) is 11.3 Å². The monoisotopic (exact) mass is 500 g/mol. The number of anilines is 1. The number of amides is 1. The minimum atomic E-state index is -0.546. The van der Waals surface area contributed by atoms with Crippen molar-refractivity contribution in [2.24, 2.45) is 11.3 Å². The number of carbonyl (C=O) groups is 1. The van der Waals surface area contributed by atoms with Gasteiger partial charge in [0.25, 0.3) is 0 Å². The molecule has 4 aliphatic rings. The van der Waals surface area contributed by atoms with Crippen molar-refractivity contribution in [2.45, 2.75) is 43.9 Å². The largest absolute Gasteiger partial charge is 0.389 e. The zero-order chi connectivity index (χ0) is 24.2. The Morgan fingerprint density at radius 2 is 2.09 bits per heavy atom. The number of benzene rings is 1. The Bertz CT molecular complexity index is 1140. The number of halogens is 1. The van der Waals surface area contributed by atoms with Gasteiger partial charge in [0.1, 0.15) is 5.82 Å². The third-order valence-electron chi connectivity index (χ3n) is 8.73. The van der Waals surface area contributed by atoms with Gasteiger partial charge in [0.05, 0.1) is 24.9 Å². The van der Waals surface area contributed by atoms with Gasteiger partial charge in [-0.25, -0.2) is 4.98 Å². The van der Waals surface area contributed by atoms with Crippen LogP contribution in [0.2, 0.25) is 5.02 Å². The molecule has 4 heterocycles. The number of hydrogen-bond acceptors (Lipinski definition) is 7. The quantitative estimate of drug-likeness (QED) is 0.594. The van der Waals surface area contributed by atoms with Crippen LogP contribution < -0.4 is 10.6 Å². The first kappa shape index (κ1) is 23.6. The number of aliphatic hydroxyl groups excluding tert-OH is 1.